The lowest BCUT2D eigenvalue weighted by atomic mass is 9.98. The quantitative estimate of drug-likeness (QED) is 0.359. The van der Waals surface area contributed by atoms with Crippen molar-refractivity contribution >= 4 is 23.2 Å². The molecule has 4 aromatic rings. The Morgan fingerprint density at radius 1 is 0.677 bits per heavy atom. The largest absolute Gasteiger partial charge is 0.351 e. The Bertz CT molecular complexity index is 1210. The number of benzene rings is 3. The number of halogens is 1. The predicted molar refractivity (Wildman–Crippen MR) is 125 cm³/mol. The average molecular weight is 428 g/mol. The van der Waals surface area contributed by atoms with Crippen LogP contribution >= 0.6 is 11.6 Å². The molecule has 0 amide bonds. The van der Waals surface area contributed by atoms with Crippen LogP contribution in [0.1, 0.15) is 48.7 Å². The topological polar surface area (TPSA) is 49.9 Å². The number of H-pyrrole nitrogens is 1. The number of aryl methyl sites for hydroxylation is 3. The van der Waals surface area contributed by atoms with Gasteiger partial charge in [-0.05, 0) is 38.5 Å². The van der Waals surface area contributed by atoms with Crippen LogP contribution in [0.5, 0.6) is 0 Å². The summed E-state index contributed by atoms with van der Waals surface area (Å²) in [6.45, 7) is 5.89. The van der Waals surface area contributed by atoms with Gasteiger partial charge in [-0.1, -0.05) is 83.4 Å². The van der Waals surface area contributed by atoms with Gasteiger partial charge in [0.15, 0.2) is 5.78 Å². The van der Waals surface area contributed by atoms with E-state index in [1.165, 1.54) is 0 Å². The van der Waals surface area contributed by atoms with Gasteiger partial charge in [0.1, 0.15) is 0 Å². The highest BCUT2D eigenvalue weighted by molar-refractivity contribution is 6.33. The van der Waals surface area contributed by atoms with Crippen molar-refractivity contribution in [2.75, 3.05) is 0 Å². The lowest BCUT2D eigenvalue weighted by Crippen LogP contribution is -2.10. The molecule has 154 valence electrons. The summed E-state index contributed by atoms with van der Waals surface area (Å²) in [5.41, 5.74) is 6.19. The molecule has 1 heterocycles. The summed E-state index contributed by atoms with van der Waals surface area (Å²) < 4.78 is 0. The minimum atomic E-state index is -0.232. The molecule has 3 nitrogen and oxygen atoms in total. The van der Waals surface area contributed by atoms with E-state index in [2.05, 4.69) is 4.98 Å². The zero-order valence-electron chi connectivity index (χ0n) is 17.6. The summed E-state index contributed by atoms with van der Waals surface area (Å²) in [6, 6.07) is 22.1. The molecule has 0 aliphatic carbocycles. The highest BCUT2D eigenvalue weighted by Gasteiger charge is 2.24. The molecule has 1 aromatic heterocycles. The molecule has 0 aliphatic rings. The van der Waals surface area contributed by atoms with Gasteiger partial charge in [-0.3, -0.25) is 9.59 Å². The van der Waals surface area contributed by atoms with Gasteiger partial charge in [-0.2, -0.15) is 0 Å². The second kappa shape index (κ2) is 8.37. The minimum Gasteiger partial charge on any atom is -0.351 e. The lowest BCUT2D eigenvalue weighted by Gasteiger charge is -2.05. The Balaban J connectivity index is 1.85. The molecule has 0 aliphatic heterocycles. The van der Waals surface area contributed by atoms with Crippen molar-refractivity contribution in [1.29, 1.82) is 0 Å². The molecule has 31 heavy (non-hydrogen) atoms. The fourth-order valence-corrected chi connectivity index (χ4v) is 3.84. The molecule has 4 heteroatoms. The molecule has 0 saturated carbocycles. The van der Waals surface area contributed by atoms with E-state index in [1.807, 2.05) is 63.2 Å². The van der Waals surface area contributed by atoms with Crippen LogP contribution < -0.4 is 0 Å². The Morgan fingerprint density at radius 2 is 1.19 bits per heavy atom. The van der Waals surface area contributed by atoms with Crippen LogP contribution in [-0.2, 0) is 0 Å². The summed E-state index contributed by atoms with van der Waals surface area (Å²) >= 11 is 6.46. The van der Waals surface area contributed by atoms with E-state index in [4.69, 9.17) is 11.6 Å². The normalized spacial score (nSPS) is 10.8. The first kappa shape index (κ1) is 20.8. The van der Waals surface area contributed by atoms with Crippen LogP contribution in [0.15, 0.2) is 72.8 Å². The minimum absolute atomic E-state index is 0.207. The van der Waals surface area contributed by atoms with Gasteiger partial charge in [-0.25, -0.2) is 0 Å². The number of carbonyl (C=O) groups is 2. The highest BCUT2D eigenvalue weighted by Crippen LogP contribution is 2.31. The summed E-state index contributed by atoms with van der Waals surface area (Å²) in [6.07, 6.45) is 0. The number of carbonyl (C=O) groups excluding carboxylic acids is 2. The third-order valence-electron chi connectivity index (χ3n) is 5.33. The second-order valence-electron chi connectivity index (χ2n) is 7.85. The van der Waals surface area contributed by atoms with Crippen LogP contribution in [0, 0.1) is 20.8 Å². The number of ketones is 2. The summed E-state index contributed by atoms with van der Waals surface area (Å²) in [5.74, 6) is -0.439. The zero-order chi connectivity index (χ0) is 22.1. The third-order valence-corrected chi connectivity index (χ3v) is 5.64. The number of hydrogen-bond donors (Lipinski definition) is 1. The summed E-state index contributed by atoms with van der Waals surface area (Å²) in [4.78, 5) is 29.9. The van der Waals surface area contributed by atoms with Crippen molar-refractivity contribution in [2.24, 2.45) is 0 Å². The average Bonchev–Trinajstić information content (AvgIpc) is 3.19. The van der Waals surface area contributed by atoms with Crippen molar-refractivity contribution in [3.8, 4) is 11.3 Å². The molecule has 1 N–H and O–H groups in total. The van der Waals surface area contributed by atoms with E-state index in [9.17, 15) is 9.59 Å². The Labute approximate surface area is 186 Å². The standard InChI is InChI=1S/C27H22ClNO2/c1-16-4-9-19(10-5-16)26(30)22-15-24(21-13-8-18(3)14-23(21)28)29-25(22)27(31)20-11-6-17(2)7-12-20/h4-15,29H,1-3H3. The van der Waals surface area contributed by atoms with Gasteiger partial charge in [0, 0.05) is 22.4 Å². The van der Waals surface area contributed by atoms with Crippen LogP contribution in [0.3, 0.4) is 0 Å². The Morgan fingerprint density at radius 3 is 1.74 bits per heavy atom. The summed E-state index contributed by atoms with van der Waals surface area (Å²) in [7, 11) is 0. The Kier molecular flexibility index (Phi) is 5.62. The van der Waals surface area contributed by atoms with E-state index >= 15 is 0 Å². The maximum absolute atomic E-state index is 13.3. The molecular weight excluding hydrogens is 406 g/mol. The van der Waals surface area contributed by atoms with Crippen molar-refractivity contribution in [3.63, 3.8) is 0 Å². The first-order chi connectivity index (χ1) is 14.8. The maximum Gasteiger partial charge on any atom is 0.209 e. The SMILES string of the molecule is Cc1ccc(C(=O)c2cc(-c3ccc(C)cc3Cl)[nH]c2C(=O)c2ccc(C)cc2)cc1. The monoisotopic (exact) mass is 427 g/mol. The van der Waals surface area contributed by atoms with Crippen molar-refractivity contribution < 1.29 is 9.59 Å². The molecule has 0 saturated heterocycles. The molecule has 0 unspecified atom stereocenters. The van der Waals surface area contributed by atoms with E-state index in [0.717, 1.165) is 22.3 Å². The number of rotatable bonds is 5. The van der Waals surface area contributed by atoms with Crippen LogP contribution in [0.4, 0.5) is 0 Å². The second-order valence-corrected chi connectivity index (χ2v) is 8.25. The number of hydrogen-bond acceptors (Lipinski definition) is 2. The van der Waals surface area contributed by atoms with Crippen LogP contribution in [-0.4, -0.2) is 16.6 Å². The maximum atomic E-state index is 13.3. The zero-order valence-corrected chi connectivity index (χ0v) is 18.4. The number of aromatic amines is 1. The highest BCUT2D eigenvalue weighted by atomic mass is 35.5. The van der Waals surface area contributed by atoms with Crippen molar-refractivity contribution in [1.82, 2.24) is 4.98 Å². The van der Waals surface area contributed by atoms with Crippen molar-refractivity contribution in [3.05, 3.63) is 117 Å². The first-order valence-electron chi connectivity index (χ1n) is 10.1. The predicted octanol–water partition coefficient (Wildman–Crippen LogP) is 6.72. The fourth-order valence-electron chi connectivity index (χ4n) is 3.51. The van der Waals surface area contributed by atoms with Gasteiger partial charge in [0.2, 0.25) is 5.78 Å². The van der Waals surface area contributed by atoms with Gasteiger partial charge in [0.25, 0.3) is 0 Å². The molecule has 0 bridgehead atoms. The third kappa shape index (κ3) is 4.23. The number of aromatic nitrogens is 1. The molecule has 3 aromatic carbocycles. The van der Waals surface area contributed by atoms with E-state index in [-0.39, 0.29) is 17.3 Å². The molecular formula is C27H22ClNO2. The number of nitrogens with one attached hydrogen (secondary N) is 1. The molecule has 0 radical (unpaired) electrons. The van der Waals surface area contributed by atoms with E-state index in [1.54, 1.807) is 30.3 Å². The molecule has 0 fully saturated rings. The van der Waals surface area contributed by atoms with Crippen molar-refractivity contribution in [2.45, 2.75) is 20.8 Å². The van der Waals surface area contributed by atoms with E-state index in [0.29, 0.717) is 27.4 Å². The van der Waals surface area contributed by atoms with Gasteiger partial charge >= 0.3 is 0 Å². The van der Waals surface area contributed by atoms with Gasteiger partial charge in [0.05, 0.1) is 16.3 Å². The van der Waals surface area contributed by atoms with Gasteiger partial charge < -0.3 is 4.98 Å². The van der Waals surface area contributed by atoms with E-state index < -0.39 is 0 Å². The summed E-state index contributed by atoms with van der Waals surface area (Å²) in [5, 5.41) is 0.560. The first-order valence-corrected chi connectivity index (χ1v) is 10.4. The van der Waals surface area contributed by atoms with Crippen LogP contribution in [0.2, 0.25) is 5.02 Å². The molecule has 0 atom stereocenters. The van der Waals surface area contributed by atoms with Crippen LogP contribution in [0.25, 0.3) is 11.3 Å². The smallest absolute Gasteiger partial charge is 0.209 e. The lowest BCUT2D eigenvalue weighted by molar-refractivity contribution is 0.100. The Hall–Kier alpha value is -3.43. The fraction of sp³-hybridized carbons (Fsp3) is 0.111. The van der Waals surface area contributed by atoms with Gasteiger partial charge in [-0.15, -0.1) is 0 Å². The molecule has 4 rings (SSSR count). The molecule has 0 spiro atoms.